The summed E-state index contributed by atoms with van der Waals surface area (Å²) in [5, 5.41) is 11.1. The van der Waals surface area contributed by atoms with E-state index in [4.69, 9.17) is 4.74 Å². The zero-order valence-electron chi connectivity index (χ0n) is 14.4. The number of benzene rings is 2. The van der Waals surface area contributed by atoms with E-state index >= 15 is 0 Å². The first-order valence-corrected chi connectivity index (χ1v) is 8.62. The standard InChI is InChI=1S/C19H18N4O4/c24-17-10-27-16-9-11(1-8-15(16)23-17)18(25)20-12-2-4-13(5-3-12)21-19(26)22-14-6-7-14/h1-5,8-9,14H,6-7,10H2,(H,20,25)(H,23,24)(H2,21,22,26). The van der Waals surface area contributed by atoms with Gasteiger partial charge in [-0.2, -0.15) is 0 Å². The van der Waals surface area contributed by atoms with Gasteiger partial charge in [0, 0.05) is 23.0 Å². The van der Waals surface area contributed by atoms with Gasteiger partial charge in [0.1, 0.15) is 5.75 Å². The third-order valence-electron chi connectivity index (χ3n) is 4.19. The number of anilines is 3. The Balaban J connectivity index is 1.37. The maximum atomic E-state index is 12.4. The van der Waals surface area contributed by atoms with E-state index in [1.54, 1.807) is 42.5 Å². The van der Waals surface area contributed by atoms with Gasteiger partial charge in [-0.05, 0) is 55.3 Å². The van der Waals surface area contributed by atoms with Gasteiger partial charge in [0.15, 0.2) is 6.61 Å². The molecule has 4 rings (SSSR count). The Morgan fingerprint density at radius 1 is 1.00 bits per heavy atom. The van der Waals surface area contributed by atoms with E-state index in [-0.39, 0.29) is 30.5 Å². The van der Waals surface area contributed by atoms with Crippen molar-refractivity contribution in [2.45, 2.75) is 18.9 Å². The molecular formula is C19H18N4O4. The van der Waals surface area contributed by atoms with E-state index in [1.807, 2.05) is 0 Å². The van der Waals surface area contributed by atoms with Crippen molar-refractivity contribution in [3.05, 3.63) is 48.0 Å². The Bertz CT molecular complexity index is 906. The van der Waals surface area contributed by atoms with Crippen molar-refractivity contribution in [3.63, 3.8) is 0 Å². The van der Waals surface area contributed by atoms with Crippen LogP contribution in [0.1, 0.15) is 23.2 Å². The van der Waals surface area contributed by atoms with Crippen LogP contribution < -0.4 is 26.0 Å². The van der Waals surface area contributed by atoms with Gasteiger partial charge in [-0.1, -0.05) is 0 Å². The maximum Gasteiger partial charge on any atom is 0.319 e. The monoisotopic (exact) mass is 366 g/mol. The second kappa shape index (κ2) is 6.99. The van der Waals surface area contributed by atoms with Gasteiger partial charge in [0.25, 0.3) is 11.8 Å². The molecule has 4 amide bonds. The van der Waals surface area contributed by atoms with Gasteiger partial charge >= 0.3 is 6.03 Å². The Kier molecular flexibility index (Phi) is 4.37. The van der Waals surface area contributed by atoms with Gasteiger partial charge in [-0.3, -0.25) is 9.59 Å². The van der Waals surface area contributed by atoms with Gasteiger partial charge in [-0.15, -0.1) is 0 Å². The summed E-state index contributed by atoms with van der Waals surface area (Å²) in [6.07, 6.45) is 2.05. The van der Waals surface area contributed by atoms with Crippen molar-refractivity contribution >= 4 is 34.9 Å². The lowest BCUT2D eigenvalue weighted by atomic mass is 10.1. The second-order valence-electron chi connectivity index (χ2n) is 6.45. The highest BCUT2D eigenvalue weighted by Gasteiger charge is 2.23. The van der Waals surface area contributed by atoms with E-state index in [9.17, 15) is 14.4 Å². The Hall–Kier alpha value is -3.55. The number of ether oxygens (including phenoxy) is 1. The van der Waals surface area contributed by atoms with Crippen LogP contribution in [0.5, 0.6) is 5.75 Å². The minimum absolute atomic E-state index is 0.0686. The molecule has 0 radical (unpaired) electrons. The summed E-state index contributed by atoms with van der Waals surface area (Å²) in [6, 6.07) is 11.7. The third-order valence-corrected chi connectivity index (χ3v) is 4.19. The molecule has 1 saturated carbocycles. The van der Waals surface area contributed by atoms with E-state index in [0.717, 1.165) is 12.8 Å². The highest BCUT2D eigenvalue weighted by Crippen LogP contribution is 2.29. The molecule has 2 aromatic rings. The van der Waals surface area contributed by atoms with Crippen LogP contribution in [-0.4, -0.2) is 30.5 Å². The van der Waals surface area contributed by atoms with Crippen LogP contribution in [0, 0.1) is 0 Å². The van der Waals surface area contributed by atoms with Crippen molar-refractivity contribution in [2.75, 3.05) is 22.6 Å². The van der Waals surface area contributed by atoms with Crippen LogP contribution in [0.4, 0.5) is 21.9 Å². The average Bonchev–Trinajstić information content (AvgIpc) is 3.46. The van der Waals surface area contributed by atoms with Crippen LogP contribution in [0.25, 0.3) is 0 Å². The molecule has 0 spiro atoms. The quantitative estimate of drug-likeness (QED) is 0.667. The summed E-state index contributed by atoms with van der Waals surface area (Å²) >= 11 is 0. The summed E-state index contributed by atoms with van der Waals surface area (Å²) in [6.45, 7) is -0.0686. The summed E-state index contributed by atoms with van der Waals surface area (Å²) in [5.41, 5.74) is 2.20. The van der Waals surface area contributed by atoms with E-state index in [2.05, 4.69) is 21.3 Å². The number of rotatable bonds is 4. The first-order valence-electron chi connectivity index (χ1n) is 8.62. The molecule has 138 valence electrons. The van der Waals surface area contributed by atoms with E-state index in [1.165, 1.54) is 0 Å². The highest BCUT2D eigenvalue weighted by molar-refractivity contribution is 6.05. The molecule has 8 heteroatoms. The van der Waals surface area contributed by atoms with Crippen molar-refractivity contribution < 1.29 is 19.1 Å². The number of carbonyl (C=O) groups is 3. The topological polar surface area (TPSA) is 109 Å². The number of hydrogen-bond donors (Lipinski definition) is 4. The Labute approximate surface area is 155 Å². The molecule has 1 fully saturated rings. The Morgan fingerprint density at radius 2 is 1.70 bits per heavy atom. The first kappa shape index (κ1) is 16.9. The number of hydrogen-bond acceptors (Lipinski definition) is 4. The molecule has 2 aliphatic rings. The lowest BCUT2D eigenvalue weighted by Crippen LogP contribution is -2.30. The fourth-order valence-electron chi connectivity index (χ4n) is 2.64. The summed E-state index contributed by atoms with van der Waals surface area (Å²) in [4.78, 5) is 35.4. The van der Waals surface area contributed by atoms with Crippen LogP contribution in [-0.2, 0) is 4.79 Å². The average molecular weight is 366 g/mol. The molecule has 8 nitrogen and oxygen atoms in total. The predicted octanol–water partition coefficient (Wildman–Crippen LogP) is 2.55. The molecule has 0 saturated heterocycles. The molecule has 1 aliphatic heterocycles. The van der Waals surface area contributed by atoms with E-state index in [0.29, 0.717) is 28.4 Å². The minimum Gasteiger partial charge on any atom is -0.482 e. The minimum atomic E-state index is -0.300. The molecule has 1 aliphatic carbocycles. The van der Waals surface area contributed by atoms with Crippen LogP contribution >= 0.6 is 0 Å². The zero-order chi connectivity index (χ0) is 18.8. The predicted molar refractivity (Wildman–Crippen MR) is 100 cm³/mol. The first-order chi connectivity index (χ1) is 13.1. The largest absolute Gasteiger partial charge is 0.482 e. The maximum absolute atomic E-state index is 12.4. The molecule has 0 atom stereocenters. The molecular weight excluding hydrogens is 348 g/mol. The van der Waals surface area contributed by atoms with Crippen LogP contribution in [0.3, 0.4) is 0 Å². The summed E-state index contributed by atoms with van der Waals surface area (Å²) in [7, 11) is 0. The summed E-state index contributed by atoms with van der Waals surface area (Å²) in [5.74, 6) is -0.0619. The van der Waals surface area contributed by atoms with Crippen LogP contribution in [0.15, 0.2) is 42.5 Å². The lowest BCUT2D eigenvalue weighted by Gasteiger charge is -2.18. The molecule has 27 heavy (non-hydrogen) atoms. The SMILES string of the molecule is O=C1COc2cc(C(=O)Nc3ccc(NC(=O)NC4CC4)cc3)ccc2N1. The number of carbonyl (C=O) groups excluding carboxylic acids is 3. The fourth-order valence-corrected chi connectivity index (χ4v) is 2.64. The lowest BCUT2D eigenvalue weighted by molar-refractivity contribution is -0.118. The van der Waals surface area contributed by atoms with Crippen molar-refractivity contribution in [3.8, 4) is 5.75 Å². The second-order valence-corrected chi connectivity index (χ2v) is 6.45. The summed E-state index contributed by atoms with van der Waals surface area (Å²) < 4.78 is 5.32. The van der Waals surface area contributed by atoms with Crippen molar-refractivity contribution in [2.24, 2.45) is 0 Å². The van der Waals surface area contributed by atoms with Crippen molar-refractivity contribution in [1.82, 2.24) is 5.32 Å². The smallest absolute Gasteiger partial charge is 0.319 e. The third kappa shape index (κ3) is 4.17. The number of fused-ring (bicyclic) bond motifs is 1. The van der Waals surface area contributed by atoms with Gasteiger partial charge in [0.05, 0.1) is 5.69 Å². The van der Waals surface area contributed by atoms with Gasteiger partial charge < -0.3 is 26.0 Å². The zero-order valence-corrected chi connectivity index (χ0v) is 14.4. The molecule has 0 unspecified atom stereocenters. The molecule has 4 N–H and O–H groups in total. The van der Waals surface area contributed by atoms with Crippen molar-refractivity contribution in [1.29, 1.82) is 0 Å². The molecule has 1 heterocycles. The highest BCUT2D eigenvalue weighted by atomic mass is 16.5. The number of nitrogens with one attached hydrogen (secondary N) is 4. The number of urea groups is 1. The van der Waals surface area contributed by atoms with E-state index < -0.39 is 0 Å². The van der Waals surface area contributed by atoms with Gasteiger partial charge in [-0.25, -0.2) is 4.79 Å². The number of amides is 4. The normalized spacial score (nSPS) is 15.0. The molecule has 2 aromatic carbocycles. The molecule has 0 aromatic heterocycles. The Morgan fingerprint density at radius 3 is 2.41 bits per heavy atom. The fraction of sp³-hybridized carbons (Fsp3) is 0.211. The molecule has 0 bridgehead atoms. The van der Waals surface area contributed by atoms with Gasteiger partial charge in [0.2, 0.25) is 0 Å². The van der Waals surface area contributed by atoms with Crippen LogP contribution in [0.2, 0.25) is 0 Å².